The van der Waals surface area contributed by atoms with Crippen LogP contribution in [0.25, 0.3) is 5.57 Å². The molecule has 0 unspecified atom stereocenters. The summed E-state index contributed by atoms with van der Waals surface area (Å²) in [4.78, 5) is 30.3. The summed E-state index contributed by atoms with van der Waals surface area (Å²) < 4.78 is 0. The predicted octanol–water partition coefficient (Wildman–Crippen LogP) is 5.42. The van der Waals surface area contributed by atoms with Gasteiger partial charge < -0.3 is 10.2 Å². The van der Waals surface area contributed by atoms with Gasteiger partial charge in [0.15, 0.2) is 0 Å². The average Bonchev–Trinajstić information content (AvgIpc) is 3.00. The molecule has 4 rings (SSSR count). The zero-order chi connectivity index (χ0) is 23.7. The van der Waals surface area contributed by atoms with Gasteiger partial charge in [0.2, 0.25) is 0 Å². The van der Waals surface area contributed by atoms with Crippen molar-refractivity contribution in [1.82, 2.24) is 4.90 Å². The number of carbonyl (C=O) groups is 2. The number of aryl methyl sites for hydroxylation is 2. The van der Waals surface area contributed by atoms with Crippen LogP contribution in [0.15, 0.2) is 72.4 Å². The fourth-order valence-corrected chi connectivity index (χ4v) is 4.07. The monoisotopic (exact) mass is 459 g/mol. The van der Waals surface area contributed by atoms with E-state index >= 15 is 0 Å². The van der Waals surface area contributed by atoms with Gasteiger partial charge in [-0.1, -0.05) is 47.5 Å². The van der Waals surface area contributed by atoms with Crippen LogP contribution in [0.5, 0.6) is 0 Å². The van der Waals surface area contributed by atoms with Gasteiger partial charge in [-0.3, -0.25) is 14.5 Å². The third kappa shape index (κ3) is 4.64. The predicted molar refractivity (Wildman–Crippen MR) is 134 cm³/mol. The van der Waals surface area contributed by atoms with Crippen LogP contribution in [-0.2, 0) is 16.1 Å². The average molecular weight is 460 g/mol. The lowest BCUT2D eigenvalue weighted by Gasteiger charge is -2.16. The number of nitrogens with one attached hydrogen (secondary N) is 1. The molecule has 5 nitrogen and oxygen atoms in total. The standard InChI is InChI=1S/C27H26ClN3O2/c1-17-5-14-23(18(2)15-17)24-25(29-21-10-12-22(13-11-21)30(3)4)27(33)31(26(24)32)16-19-6-8-20(28)9-7-19/h5-15,29H,16H2,1-4H3. The lowest BCUT2D eigenvalue weighted by atomic mass is 9.97. The second-order valence-corrected chi connectivity index (χ2v) is 8.89. The molecular weight excluding hydrogens is 434 g/mol. The minimum absolute atomic E-state index is 0.175. The Kier molecular flexibility index (Phi) is 6.25. The van der Waals surface area contributed by atoms with Gasteiger partial charge in [-0.05, 0) is 66.9 Å². The van der Waals surface area contributed by atoms with Crippen molar-refractivity contribution < 1.29 is 9.59 Å². The van der Waals surface area contributed by atoms with Gasteiger partial charge in [0.05, 0.1) is 12.1 Å². The van der Waals surface area contributed by atoms with E-state index in [1.165, 1.54) is 4.90 Å². The molecule has 1 heterocycles. The van der Waals surface area contributed by atoms with Crippen LogP contribution in [0.2, 0.25) is 5.02 Å². The van der Waals surface area contributed by atoms with E-state index in [2.05, 4.69) is 5.32 Å². The molecular formula is C27H26ClN3O2. The van der Waals surface area contributed by atoms with Crippen LogP contribution in [0, 0.1) is 13.8 Å². The highest BCUT2D eigenvalue weighted by molar-refractivity contribution is 6.36. The Morgan fingerprint density at radius 1 is 0.879 bits per heavy atom. The molecule has 0 fully saturated rings. The minimum atomic E-state index is -0.346. The van der Waals surface area contributed by atoms with Crippen molar-refractivity contribution in [2.75, 3.05) is 24.3 Å². The van der Waals surface area contributed by atoms with Crippen molar-refractivity contribution in [2.24, 2.45) is 0 Å². The molecule has 1 aliphatic heterocycles. The van der Waals surface area contributed by atoms with Crippen LogP contribution in [0.4, 0.5) is 11.4 Å². The number of amides is 2. The number of halogens is 1. The highest BCUT2D eigenvalue weighted by Crippen LogP contribution is 2.33. The number of hydrogen-bond donors (Lipinski definition) is 1. The molecule has 0 saturated carbocycles. The Labute approximate surface area is 199 Å². The largest absolute Gasteiger partial charge is 0.378 e. The molecule has 0 bridgehead atoms. The fourth-order valence-electron chi connectivity index (χ4n) is 3.94. The van der Waals surface area contributed by atoms with Crippen LogP contribution < -0.4 is 10.2 Å². The first kappa shape index (κ1) is 22.6. The molecule has 0 aromatic heterocycles. The van der Waals surface area contributed by atoms with Gasteiger partial charge >= 0.3 is 0 Å². The summed E-state index contributed by atoms with van der Waals surface area (Å²) in [6.45, 7) is 4.14. The fraction of sp³-hybridized carbons (Fsp3) is 0.185. The summed E-state index contributed by atoms with van der Waals surface area (Å²) in [5.41, 5.74) is 6.10. The Morgan fingerprint density at radius 3 is 2.15 bits per heavy atom. The number of imide groups is 1. The zero-order valence-electron chi connectivity index (χ0n) is 19.1. The third-order valence-electron chi connectivity index (χ3n) is 5.73. The molecule has 0 spiro atoms. The number of nitrogens with zero attached hydrogens (tertiary/aromatic N) is 2. The van der Waals surface area contributed by atoms with Gasteiger partial charge in [0, 0.05) is 30.5 Å². The van der Waals surface area contributed by atoms with Crippen molar-refractivity contribution >= 4 is 40.4 Å². The van der Waals surface area contributed by atoms with Gasteiger partial charge in [-0.2, -0.15) is 0 Å². The third-order valence-corrected chi connectivity index (χ3v) is 5.98. The first-order chi connectivity index (χ1) is 15.7. The molecule has 3 aromatic carbocycles. The number of benzene rings is 3. The maximum absolute atomic E-state index is 13.5. The summed E-state index contributed by atoms with van der Waals surface area (Å²) in [7, 11) is 3.94. The summed E-state index contributed by atoms with van der Waals surface area (Å²) in [6.07, 6.45) is 0. The van der Waals surface area contributed by atoms with Crippen molar-refractivity contribution in [3.63, 3.8) is 0 Å². The minimum Gasteiger partial charge on any atom is -0.378 e. The molecule has 6 heteroatoms. The van der Waals surface area contributed by atoms with Gasteiger partial charge in [0.25, 0.3) is 11.8 Å². The summed E-state index contributed by atoms with van der Waals surface area (Å²) in [5.74, 6) is -0.657. The number of anilines is 2. The highest BCUT2D eigenvalue weighted by atomic mass is 35.5. The topological polar surface area (TPSA) is 52.7 Å². The van der Waals surface area contributed by atoms with Crippen LogP contribution in [0.1, 0.15) is 22.3 Å². The summed E-state index contributed by atoms with van der Waals surface area (Å²) in [6, 6.07) is 20.8. The maximum Gasteiger partial charge on any atom is 0.278 e. The molecule has 0 atom stereocenters. The first-order valence-electron chi connectivity index (χ1n) is 10.7. The zero-order valence-corrected chi connectivity index (χ0v) is 19.9. The van der Waals surface area contributed by atoms with E-state index < -0.39 is 0 Å². The molecule has 2 amide bonds. The number of hydrogen-bond acceptors (Lipinski definition) is 4. The van der Waals surface area contributed by atoms with E-state index in [1.54, 1.807) is 12.1 Å². The highest BCUT2D eigenvalue weighted by Gasteiger charge is 2.39. The second kappa shape index (κ2) is 9.12. The van der Waals surface area contributed by atoms with Crippen LogP contribution in [0.3, 0.4) is 0 Å². The van der Waals surface area contributed by atoms with Gasteiger partial charge in [-0.15, -0.1) is 0 Å². The lowest BCUT2D eigenvalue weighted by Crippen LogP contribution is -2.32. The van der Waals surface area contributed by atoms with Crippen LogP contribution in [-0.4, -0.2) is 30.8 Å². The van der Waals surface area contributed by atoms with Crippen molar-refractivity contribution in [1.29, 1.82) is 0 Å². The maximum atomic E-state index is 13.5. The van der Waals surface area contributed by atoms with E-state index in [0.717, 1.165) is 33.6 Å². The van der Waals surface area contributed by atoms with E-state index in [1.807, 2.05) is 87.4 Å². The van der Waals surface area contributed by atoms with Gasteiger partial charge in [0.1, 0.15) is 5.70 Å². The molecule has 3 aromatic rings. The first-order valence-corrected chi connectivity index (χ1v) is 11.1. The smallest absolute Gasteiger partial charge is 0.278 e. The number of carbonyl (C=O) groups excluding carboxylic acids is 2. The van der Waals surface area contributed by atoms with E-state index in [9.17, 15) is 9.59 Å². The second-order valence-electron chi connectivity index (χ2n) is 8.46. The van der Waals surface area contributed by atoms with Crippen molar-refractivity contribution in [3.8, 4) is 0 Å². The molecule has 1 aliphatic rings. The van der Waals surface area contributed by atoms with Crippen molar-refractivity contribution in [3.05, 3.63) is 99.7 Å². The molecule has 168 valence electrons. The Bertz CT molecular complexity index is 1250. The van der Waals surface area contributed by atoms with Gasteiger partial charge in [-0.25, -0.2) is 0 Å². The Hall–Kier alpha value is -3.57. The lowest BCUT2D eigenvalue weighted by molar-refractivity contribution is -0.137. The Balaban J connectivity index is 1.74. The molecule has 0 radical (unpaired) electrons. The summed E-state index contributed by atoms with van der Waals surface area (Å²) >= 11 is 5.99. The molecule has 0 aliphatic carbocycles. The SMILES string of the molecule is Cc1ccc(C2=C(Nc3ccc(N(C)C)cc3)C(=O)N(Cc3ccc(Cl)cc3)C2=O)c(C)c1. The molecule has 0 saturated heterocycles. The molecule has 33 heavy (non-hydrogen) atoms. The van der Waals surface area contributed by atoms with Crippen molar-refractivity contribution in [2.45, 2.75) is 20.4 Å². The van der Waals surface area contributed by atoms with E-state index in [0.29, 0.717) is 16.3 Å². The van der Waals surface area contributed by atoms with E-state index in [4.69, 9.17) is 11.6 Å². The number of rotatable bonds is 6. The Morgan fingerprint density at radius 2 is 1.55 bits per heavy atom. The summed E-state index contributed by atoms with van der Waals surface area (Å²) in [5, 5.41) is 3.84. The normalized spacial score (nSPS) is 13.7. The van der Waals surface area contributed by atoms with E-state index in [-0.39, 0.29) is 18.4 Å². The van der Waals surface area contributed by atoms with Crippen LogP contribution >= 0.6 is 11.6 Å². The quantitative estimate of drug-likeness (QED) is 0.500. The molecule has 1 N–H and O–H groups in total.